The van der Waals surface area contributed by atoms with Gasteiger partial charge in [0.05, 0.1) is 29.1 Å². The van der Waals surface area contributed by atoms with Crippen LogP contribution in [0.3, 0.4) is 0 Å². The van der Waals surface area contributed by atoms with Gasteiger partial charge in [0, 0.05) is 31.4 Å². The van der Waals surface area contributed by atoms with Crippen molar-refractivity contribution in [2.45, 2.75) is 32.0 Å². The Morgan fingerprint density at radius 3 is 2.64 bits per heavy atom. The maximum atomic E-state index is 13.1. The summed E-state index contributed by atoms with van der Waals surface area (Å²) < 4.78 is 39.3. The highest BCUT2D eigenvalue weighted by Crippen LogP contribution is 2.31. The normalized spacial score (nSPS) is 15.4. The Kier molecular flexibility index (Phi) is 6.74. The number of alkyl halides is 3. The van der Waals surface area contributed by atoms with Crippen LogP contribution < -0.4 is 5.32 Å². The van der Waals surface area contributed by atoms with E-state index in [-0.39, 0.29) is 39.9 Å². The van der Waals surface area contributed by atoms with Crippen LogP contribution >= 0.6 is 0 Å². The maximum Gasteiger partial charge on any atom is 0.416 e. The SMILES string of the molecule is C=C(C)[C@@H](NC(=O)c1c[nH]c2ncc(-c3cc(C(F)(F)F)ccn3)nc12)C(=O)N1CCC(C#N)CC1. The van der Waals surface area contributed by atoms with E-state index in [0.29, 0.717) is 31.5 Å². The highest BCUT2D eigenvalue weighted by Gasteiger charge is 2.32. The first-order valence-corrected chi connectivity index (χ1v) is 11.1. The summed E-state index contributed by atoms with van der Waals surface area (Å²) in [5, 5.41) is 11.7. The molecule has 2 N–H and O–H groups in total. The second-order valence-corrected chi connectivity index (χ2v) is 8.56. The molecule has 1 aliphatic heterocycles. The molecule has 4 heterocycles. The monoisotopic (exact) mass is 497 g/mol. The first kappa shape index (κ1) is 24.8. The Morgan fingerprint density at radius 2 is 2.00 bits per heavy atom. The van der Waals surface area contributed by atoms with E-state index in [1.165, 1.54) is 12.4 Å². The Hall–Kier alpha value is -4.27. The number of fused-ring (bicyclic) bond motifs is 1. The highest BCUT2D eigenvalue weighted by molar-refractivity contribution is 6.06. The summed E-state index contributed by atoms with van der Waals surface area (Å²) in [6, 6.07) is 2.91. The van der Waals surface area contributed by atoms with Gasteiger partial charge in [0.2, 0.25) is 5.91 Å². The highest BCUT2D eigenvalue weighted by atomic mass is 19.4. The molecule has 1 atom stereocenters. The standard InChI is InChI=1S/C24H22F3N7O2/c1-13(2)19(23(36)34-7-4-14(10-28)5-8-34)33-22(35)16-11-30-21-20(16)32-18(12-31-21)17-9-15(3-6-29-17)24(25,26)27/h3,6,9,11-12,14,19H,1,4-5,7-8H2,2H3,(H,30,31)(H,33,35)/t19-/m1/s1. The molecule has 3 aromatic rings. The first-order chi connectivity index (χ1) is 17.1. The number of aromatic amines is 1. The molecule has 1 saturated heterocycles. The zero-order valence-corrected chi connectivity index (χ0v) is 19.3. The fourth-order valence-electron chi connectivity index (χ4n) is 3.95. The maximum absolute atomic E-state index is 13.1. The van der Waals surface area contributed by atoms with Gasteiger partial charge >= 0.3 is 6.18 Å². The number of hydrogen-bond donors (Lipinski definition) is 2. The first-order valence-electron chi connectivity index (χ1n) is 11.1. The largest absolute Gasteiger partial charge is 0.416 e. The fraction of sp³-hybridized carbons (Fsp3) is 0.333. The van der Waals surface area contributed by atoms with Crippen LogP contribution in [0, 0.1) is 17.2 Å². The second kappa shape index (κ2) is 9.77. The molecule has 36 heavy (non-hydrogen) atoms. The van der Waals surface area contributed by atoms with Gasteiger partial charge in [-0.1, -0.05) is 6.58 Å². The molecule has 0 saturated carbocycles. The van der Waals surface area contributed by atoms with Crippen LogP contribution in [0.25, 0.3) is 22.6 Å². The molecule has 12 heteroatoms. The lowest BCUT2D eigenvalue weighted by molar-refractivity contribution is -0.137. The number of nitriles is 1. The molecule has 0 spiro atoms. The zero-order chi connectivity index (χ0) is 26.0. The topological polar surface area (TPSA) is 128 Å². The third-order valence-electron chi connectivity index (χ3n) is 5.98. The minimum Gasteiger partial charge on any atom is -0.344 e. The lowest BCUT2D eigenvalue weighted by atomic mass is 9.97. The Bertz CT molecular complexity index is 1370. The van der Waals surface area contributed by atoms with E-state index in [9.17, 15) is 22.8 Å². The van der Waals surface area contributed by atoms with Gasteiger partial charge in [-0.3, -0.25) is 14.6 Å². The molecule has 0 bridgehead atoms. The van der Waals surface area contributed by atoms with E-state index in [1.54, 1.807) is 11.8 Å². The number of carbonyl (C=O) groups is 2. The number of carbonyl (C=O) groups excluding carboxylic acids is 2. The van der Waals surface area contributed by atoms with Gasteiger partial charge in [0.25, 0.3) is 5.91 Å². The number of rotatable bonds is 5. The molecular formula is C24H22F3N7O2. The predicted octanol–water partition coefficient (Wildman–Crippen LogP) is 3.48. The molecule has 0 aliphatic carbocycles. The number of nitrogens with zero attached hydrogens (tertiary/aromatic N) is 5. The number of amides is 2. The molecule has 3 aromatic heterocycles. The van der Waals surface area contributed by atoms with E-state index < -0.39 is 23.7 Å². The third-order valence-corrected chi connectivity index (χ3v) is 5.98. The molecule has 186 valence electrons. The summed E-state index contributed by atoms with van der Waals surface area (Å²) in [7, 11) is 0. The van der Waals surface area contributed by atoms with Crippen molar-refractivity contribution < 1.29 is 22.8 Å². The molecule has 2 amide bonds. The number of halogens is 3. The van der Waals surface area contributed by atoms with E-state index in [0.717, 1.165) is 18.3 Å². The van der Waals surface area contributed by atoms with Gasteiger partial charge in [-0.25, -0.2) is 9.97 Å². The van der Waals surface area contributed by atoms with E-state index in [2.05, 4.69) is 37.9 Å². The average molecular weight is 497 g/mol. The van der Waals surface area contributed by atoms with Crippen molar-refractivity contribution in [3.63, 3.8) is 0 Å². The molecule has 1 fully saturated rings. The van der Waals surface area contributed by atoms with Crippen LogP contribution in [-0.2, 0) is 11.0 Å². The second-order valence-electron chi connectivity index (χ2n) is 8.56. The van der Waals surface area contributed by atoms with Gasteiger partial charge < -0.3 is 15.2 Å². The van der Waals surface area contributed by atoms with Gasteiger partial charge in [-0.05, 0) is 37.5 Å². The van der Waals surface area contributed by atoms with Gasteiger partial charge in [-0.15, -0.1) is 0 Å². The molecule has 0 unspecified atom stereocenters. The molecule has 1 aliphatic rings. The summed E-state index contributed by atoms with van der Waals surface area (Å²) in [5.74, 6) is -1.05. The summed E-state index contributed by atoms with van der Waals surface area (Å²) in [5.41, 5.74) is -0.0375. The van der Waals surface area contributed by atoms with Crippen molar-refractivity contribution in [2.75, 3.05) is 13.1 Å². The average Bonchev–Trinajstić information content (AvgIpc) is 3.29. The van der Waals surface area contributed by atoms with E-state index in [1.807, 2.05) is 0 Å². The lowest BCUT2D eigenvalue weighted by Crippen LogP contribution is -2.51. The third kappa shape index (κ3) is 5.05. The van der Waals surface area contributed by atoms with Crippen LogP contribution in [0.5, 0.6) is 0 Å². The Morgan fingerprint density at radius 1 is 1.28 bits per heavy atom. The summed E-state index contributed by atoms with van der Waals surface area (Å²) in [6.07, 6.45) is 0.211. The number of nitrogens with one attached hydrogen (secondary N) is 2. The van der Waals surface area contributed by atoms with Gasteiger partial charge in [0.15, 0.2) is 5.65 Å². The number of likely N-dealkylation sites (tertiary alicyclic amines) is 1. The van der Waals surface area contributed by atoms with Gasteiger partial charge in [-0.2, -0.15) is 18.4 Å². The number of piperidine rings is 1. The van der Waals surface area contributed by atoms with Crippen LogP contribution in [0.15, 0.2) is 42.9 Å². The molecular weight excluding hydrogens is 475 g/mol. The van der Waals surface area contributed by atoms with Crippen LogP contribution in [-0.4, -0.2) is 55.8 Å². The lowest BCUT2D eigenvalue weighted by Gasteiger charge is -2.32. The summed E-state index contributed by atoms with van der Waals surface area (Å²) in [4.78, 5) is 43.1. The summed E-state index contributed by atoms with van der Waals surface area (Å²) in [6.45, 7) is 6.26. The fourth-order valence-corrected chi connectivity index (χ4v) is 3.95. The molecule has 0 radical (unpaired) electrons. The van der Waals surface area contributed by atoms with Crippen LogP contribution in [0.4, 0.5) is 13.2 Å². The minimum atomic E-state index is -4.55. The van der Waals surface area contributed by atoms with Gasteiger partial charge in [0.1, 0.15) is 17.3 Å². The molecule has 9 nitrogen and oxygen atoms in total. The van der Waals surface area contributed by atoms with Crippen LogP contribution in [0.2, 0.25) is 0 Å². The number of aromatic nitrogens is 4. The number of hydrogen-bond acceptors (Lipinski definition) is 6. The molecule has 4 rings (SSSR count). The zero-order valence-electron chi connectivity index (χ0n) is 19.3. The van der Waals surface area contributed by atoms with Crippen LogP contribution in [0.1, 0.15) is 35.7 Å². The Labute approximate surface area is 204 Å². The van der Waals surface area contributed by atoms with Crippen molar-refractivity contribution in [1.82, 2.24) is 30.2 Å². The summed E-state index contributed by atoms with van der Waals surface area (Å²) >= 11 is 0. The minimum absolute atomic E-state index is 0.0511. The van der Waals surface area contributed by atoms with E-state index >= 15 is 0 Å². The van der Waals surface area contributed by atoms with Crippen molar-refractivity contribution in [3.05, 3.63) is 54.0 Å². The Balaban J connectivity index is 1.58. The smallest absolute Gasteiger partial charge is 0.344 e. The number of H-pyrrole nitrogens is 1. The number of pyridine rings is 1. The van der Waals surface area contributed by atoms with Crippen molar-refractivity contribution >= 4 is 23.0 Å². The predicted molar refractivity (Wildman–Crippen MR) is 123 cm³/mol. The van der Waals surface area contributed by atoms with Crippen molar-refractivity contribution in [3.8, 4) is 17.5 Å². The molecule has 0 aromatic carbocycles. The van der Waals surface area contributed by atoms with Crippen molar-refractivity contribution in [1.29, 1.82) is 5.26 Å². The van der Waals surface area contributed by atoms with Crippen molar-refractivity contribution in [2.24, 2.45) is 5.92 Å². The van der Waals surface area contributed by atoms with E-state index in [4.69, 9.17) is 5.26 Å². The quantitative estimate of drug-likeness (QED) is 0.520.